The van der Waals surface area contributed by atoms with Gasteiger partial charge in [0.25, 0.3) is 0 Å². The molecule has 1 aliphatic heterocycles. The Bertz CT molecular complexity index is 1110. The zero-order valence-electron chi connectivity index (χ0n) is 15.8. The summed E-state index contributed by atoms with van der Waals surface area (Å²) in [5.74, 6) is -0.0982. The van der Waals surface area contributed by atoms with E-state index in [1.165, 1.54) is 0 Å². The molecule has 1 heterocycles. The smallest absolute Gasteiger partial charge is 0.423 e. The molecule has 5 nitrogen and oxygen atoms in total. The minimum Gasteiger partial charge on any atom is -0.423 e. The predicted molar refractivity (Wildman–Crippen MR) is 112 cm³/mol. The average Bonchev–Trinajstić information content (AvgIpc) is 3.14. The van der Waals surface area contributed by atoms with E-state index in [0.29, 0.717) is 30.7 Å². The summed E-state index contributed by atoms with van der Waals surface area (Å²) in [7, 11) is -0.912. The molecule has 3 aromatic carbocycles. The van der Waals surface area contributed by atoms with Gasteiger partial charge >= 0.3 is 7.12 Å². The highest BCUT2D eigenvalue weighted by Crippen LogP contribution is 2.24. The largest absolute Gasteiger partial charge is 0.492 e. The van der Waals surface area contributed by atoms with Crippen LogP contribution in [0.1, 0.15) is 23.1 Å². The first-order chi connectivity index (χ1) is 14.1. The van der Waals surface area contributed by atoms with Gasteiger partial charge in [0.15, 0.2) is 0 Å². The maximum atomic E-state index is 12.5. The third kappa shape index (κ3) is 4.22. The van der Waals surface area contributed by atoms with Gasteiger partial charge in [0, 0.05) is 12.1 Å². The zero-order chi connectivity index (χ0) is 20.2. The molecule has 0 saturated carbocycles. The Labute approximate surface area is 169 Å². The molecule has 1 amide bonds. The van der Waals surface area contributed by atoms with Crippen molar-refractivity contribution in [3.8, 4) is 17.2 Å². The number of carbonyl (C=O) groups is 1. The summed E-state index contributed by atoms with van der Waals surface area (Å²) < 4.78 is 5.27. The lowest BCUT2D eigenvalue weighted by Crippen LogP contribution is -2.31. The number of rotatable bonds is 5. The molecular weight excluding hydrogens is 363 g/mol. The Kier molecular flexibility index (Phi) is 5.43. The number of hydrogen-bond donors (Lipinski definition) is 2. The molecule has 0 saturated heterocycles. The van der Waals surface area contributed by atoms with Crippen LogP contribution in [0.3, 0.4) is 0 Å². The lowest BCUT2D eigenvalue weighted by Gasteiger charge is -2.10. The zero-order valence-corrected chi connectivity index (χ0v) is 15.8. The summed E-state index contributed by atoms with van der Waals surface area (Å²) in [6, 6.07) is 22.8. The van der Waals surface area contributed by atoms with Crippen molar-refractivity contribution < 1.29 is 14.5 Å². The van der Waals surface area contributed by atoms with Crippen LogP contribution in [0.25, 0.3) is 11.1 Å². The molecule has 3 aromatic rings. The van der Waals surface area contributed by atoms with Gasteiger partial charge in [0.1, 0.15) is 0 Å². The van der Waals surface area contributed by atoms with Crippen molar-refractivity contribution in [1.82, 2.24) is 0 Å². The molecule has 0 atom stereocenters. The Morgan fingerprint density at radius 2 is 1.86 bits per heavy atom. The Morgan fingerprint density at radius 3 is 2.69 bits per heavy atom. The summed E-state index contributed by atoms with van der Waals surface area (Å²) in [6.07, 6.45) is 0.830. The lowest BCUT2D eigenvalue weighted by molar-refractivity contribution is -0.116. The van der Waals surface area contributed by atoms with Crippen molar-refractivity contribution in [1.29, 1.82) is 5.26 Å². The van der Waals surface area contributed by atoms with Crippen molar-refractivity contribution in [2.75, 3.05) is 5.32 Å². The second-order valence-electron chi connectivity index (χ2n) is 6.97. The Hall–Kier alpha value is -3.40. The van der Waals surface area contributed by atoms with E-state index in [4.69, 9.17) is 9.92 Å². The fourth-order valence-electron chi connectivity index (χ4n) is 3.60. The molecule has 142 valence electrons. The molecule has 0 fully saturated rings. The van der Waals surface area contributed by atoms with E-state index in [2.05, 4.69) is 11.4 Å². The number of aryl methyl sites for hydroxylation is 1. The highest BCUT2D eigenvalue weighted by Gasteiger charge is 2.29. The lowest BCUT2D eigenvalue weighted by atomic mass is 9.75. The molecule has 0 bridgehead atoms. The number of carbonyl (C=O) groups excluding carboxylic acids is 1. The average molecular weight is 382 g/mol. The van der Waals surface area contributed by atoms with E-state index in [-0.39, 0.29) is 5.91 Å². The molecule has 2 N–H and O–H groups in total. The van der Waals surface area contributed by atoms with E-state index < -0.39 is 7.12 Å². The van der Waals surface area contributed by atoms with E-state index in [9.17, 15) is 9.82 Å². The number of nitrogens with one attached hydrogen (secondary N) is 1. The molecule has 4 rings (SSSR count). The fraction of sp³-hybridized carbons (Fsp3) is 0.130. The third-order valence-corrected chi connectivity index (χ3v) is 5.02. The fourth-order valence-corrected chi connectivity index (χ4v) is 3.60. The predicted octanol–water partition coefficient (Wildman–Crippen LogP) is 3.01. The monoisotopic (exact) mass is 382 g/mol. The van der Waals surface area contributed by atoms with Crippen LogP contribution in [-0.2, 0) is 22.5 Å². The van der Waals surface area contributed by atoms with Gasteiger partial charge in [-0.05, 0) is 58.4 Å². The first-order valence-corrected chi connectivity index (χ1v) is 9.45. The Balaban J connectivity index is 1.43. The van der Waals surface area contributed by atoms with Crippen LogP contribution in [0.4, 0.5) is 5.69 Å². The normalized spacial score (nSPS) is 12.3. The number of nitrogens with zero attached hydrogens (tertiary/aromatic N) is 1. The summed E-state index contributed by atoms with van der Waals surface area (Å²) in [6.45, 7) is 0.399. The second-order valence-corrected chi connectivity index (χ2v) is 6.97. The van der Waals surface area contributed by atoms with E-state index in [0.717, 1.165) is 27.7 Å². The number of amides is 1. The number of hydrogen-bond acceptors (Lipinski definition) is 4. The molecule has 0 spiro atoms. The van der Waals surface area contributed by atoms with Crippen molar-refractivity contribution in [3.05, 3.63) is 83.4 Å². The summed E-state index contributed by atoms with van der Waals surface area (Å²) in [5, 5.41) is 22.0. The molecule has 0 unspecified atom stereocenters. The molecule has 0 aromatic heterocycles. The summed E-state index contributed by atoms with van der Waals surface area (Å²) in [4.78, 5) is 12.5. The summed E-state index contributed by atoms with van der Waals surface area (Å²) in [5.41, 5.74) is 5.86. The second kappa shape index (κ2) is 8.32. The van der Waals surface area contributed by atoms with Gasteiger partial charge in [-0.2, -0.15) is 5.26 Å². The van der Waals surface area contributed by atoms with Crippen molar-refractivity contribution in [3.63, 3.8) is 0 Å². The molecule has 1 aliphatic rings. The molecule has 0 aliphatic carbocycles. The molecule has 6 heteroatoms. The molecular formula is C23H19BN2O3. The van der Waals surface area contributed by atoms with Gasteiger partial charge in [0.05, 0.1) is 18.2 Å². The van der Waals surface area contributed by atoms with Gasteiger partial charge in [-0.3, -0.25) is 4.79 Å². The van der Waals surface area contributed by atoms with Gasteiger partial charge in [-0.1, -0.05) is 42.5 Å². The van der Waals surface area contributed by atoms with Gasteiger partial charge in [-0.25, -0.2) is 0 Å². The first kappa shape index (κ1) is 18.9. The van der Waals surface area contributed by atoms with Gasteiger partial charge in [-0.15, -0.1) is 0 Å². The van der Waals surface area contributed by atoms with Crippen molar-refractivity contribution in [2.45, 2.75) is 19.4 Å². The topological polar surface area (TPSA) is 82.4 Å². The van der Waals surface area contributed by atoms with Crippen LogP contribution < -0.4 is 10.8 Å². The van der Waals surface area contributed by atoms with E-state index in [1.807, 2.05) is 60.7 Å². The SMILES string of the molecule is N#Cc1cccc(-c2cccc(NC(=O)CCc3cccc4c3B(O)OC4)c2)c1. The standard InChI is InChI=1S/C23H19BN2O3/c25-14-16-4-1-6-18(12-16)19-7-3-9-21(13-19)26-22(27)11-10-17-5-2-8-20-15-29-24(28)23(17)20/h1-9,12-13,28H,10-11,15H2,(H,26,27). The van der Waals surface area contributed by atoms with Crippen LogP contribution in [0, 0.1) is 11.3 Å². The molecule has 29 heavy (non-hydrogen) atoms. The van der Waals surface area contributed by atoms with Crippen LogP contribution in [0.2, 0.25) is 0 Å². The first-order valence-electron chi connectivity index (χ1n) is 9.45. The maximum Gasteiger partial charge on any atom is 0.492 e. The number of fused-ring (bicyclic) bond motifs is 1. The quantitative estimate of drug-likeness (QED) is 0.665. The minimum atomic E-state index is -0.912. The third-order valence-electron chi connectivity index (χ3n) is 5.02. The van der Waals surface area contributed by atoms with Crippen LogP contribution in [0.5, 0.6) is 0 Å². The van der Waals surface area contributed by atoms with Crippen LogP contribution >= 0.6 is 0 Å². The van der Waals surface area contributed by atoms with Gasteiger partial charge in [0.2, 0.25) is 5.91 Å². The number of nitriles is 1. The number of anilines is 1. The van der Waals surface area contributed by atoms with Crippen LogP contribution in [0.15, 0.2) is 66.7 Å². The van der Waals surface area contributed by atoms with E-state index >= 15 is 0 Å². The Morgan fingerprint density at radius 1 is 1.10 bits per heavy atom. The highest BCUT2D eigenvalue weighted by molar-refractivity contribution is 6.62. The van der Waals surface area contributed by atoms with Gasteiger partial charge < -0.3 is 15.0 Å². The van der Waals surface area contributed by atoms with Crippen LogP contribution in [-0.4, -0.2) is 18.0 Å². The minimum absolute atomic E-state index is 0.0982. The molecule has 0 radical (unpaired) electrons. The highest BCUT2D eigenvalue weighted by atomic mass is 16.5. The summed E-state index contributed by atoms with van der Waals surface area (Å²) >= 11 is 0. The van der Waals surface area contributed by atoms with E-state index in [1.54, 1.807) is 6.07 Å². The number of benzene rings is 3. The maximum absolute atomic E-state index is 12.5. The van der Waals surface area contributed by atoms with Crippen molar-refractivity contribution in [2.24, 2.45) is 0 Å². The van der Waals surface area contributed by atoms with Crippen molar-refractivity contribution >= 4 is 24.2 Å².